The molecule has 4 aromatic rings. The van der Waals surface area contributed by atoms with Gasteiger partial charge in [-0.05, 0) is 115 Å². The molecule has 0 heterocycles. The monoisotopic (exact) mass is 584 g/mol. The lowest BCUT2D eigenvalue weighted by Gasteiger charge is -2.22. The van der Waals surface area contributed by atoms with Crippen molar-refractivity contribution in [2.24, 2.45) is 5.92 Å². The van der Waals surface area contributed by atoms with Gasteiger partial charge in [0.15, 0.2) is 0 Å². The van der Waals surface area contributed by atoms with Gasteiger partial charge in [-0.3, -0.25) is 0 Å². The van der Waals surface area contributed by atoms with Gasteiger partial charge in [0.25, 0.3) is 0 Å². The van der Waals surface area contributed by atoms with E-state index in [0.29, 0.717) is 0 Å². The molecule has 0 aliphatic heterocycles. The Hall–Kier alpha value is -3.82. The molecule has 0 unspecified atom stereocenters. The Morgan fingerprint density at radius 1 is 0.773 bits per heavy atom. The third-order valence-corrected chi connectivity index (χ3v) is 8.31. The molecular weight excluding hydrogens is 528 g/mol. The summed E-state index contributed by atoms with van der Waals surface area (Å²) in [7, 11) is 0. The quantitative estimate of drug-likeness (QED) is 0.193. The zero-order chi connectivity index (χ0) is 32.2. The van der Waals surface area contributed by atoms with E-state index in [4.69, 9.17) is 0 Å². The first kappa shape index (κ1) is 36.4. The highest BCUT2D eigenvalue weighted by molar-refractivity contribution is 5.64. The van der Waals surface area contributed by atoms with Crippen LogP contribution in [0.25, 0.3) is 11.6 Å². The van der Waals surface area contributed by atoms with Crippen LogP contribution in [0.1, 0.15) is 104 Å². The summed E-state index contributed by atoms with van der Waals surface area (Å²) in [6.07, 6.45) is 13.5. The van der Waals surface area contributed by atoms with Crippen LogP contribution in [-0.4, -0.2) is 0 Å². The molecule has 0 aromatic heterocycles. The summed E-state index contributed by atoms with van der Waals surface area (Å²) in [6, 6.07) is 35.9. The molecule has 0 heteroatoms. The molecule has 0 N–H and O–H groups in total. The Labute approximate surface area is 271 Å². The molecule has 5 rings (SSSR count). The minimum atomic E-state index is 0.890. The molecular formula is C44H56. The molecule has 0 nitrogen and oxygen atoms in total. The highest BCUT2D eigenvalue weighted by atomic mass is 14.2. The standard InChI is InChI=1S/C17H24.C15H14.C10H12.C2H6/c1-3-15-10-7-11-17(13-15)14(2)12-16-8-5-4-6-9-16;1-13-7-9-15(10-8-13)12-11-14-5-3-2-4-6-14;1-4-10-6-5-8(2)9(3)7-10;1-2/h7,10-11,13,16H,2-6,8-9,12H2,1H3;3,5-10H,11-12H2,1H3;4-7H,1H2,2-3H3;1-2H3. The fourth-order valence-electron chi connectivity index (χ4n) is 5.34. The Kier molecular flexibility index (Phi) is 17.3. The van der Waals surface area contributed by atoms with Crippen LogP contribution in [0.3, 0.4) is 0 Å². The number of rotatable bonds is 8. The maximum absolute atomic E-state index is 4.29. The van der Waals surface area contributed by atoms with Gasteiger partial charge < -0.3 is 0 Å². The van der Waals surface area contributed by atoms with Gasteiger partial charge in [-0.2, -0.15) is 0 Å². The second-order valence-electron chi connectivity index (χ2n) is 11.7. The molecule has 232 valence electrons. The maximum atomic E-state index is 4.29. The molecule has 1 aliphatic carbocycles. The van der Waals surface area contributed by atoms with E-state index in [1.54, 1.807) is 0 Å². The summed E-state index contributed by atoms with van der Waals surface area (Å²) in [5.41, 5.74) is 12.0. The second kappa shape index (κ2) is 21.0. The Morgan fingerprint density at radius 2 is 1.48 bits per heavy atom. The van der Waals surface area contributed by atoms with Crippen LogP contribution < -0.4 is 0 Å². The van der Waals surface area contributed by atoms with Crippen LogP contribution >= 0.6 is 0 Å². The first-order valence-corrected chi connectivity index (χ1v) is 16.8. The summed E-state index contributed by atoms with van der Waals surface area (Å²) < 4.78 is 0. The number of aryl methyl sites for hydroxylation is 6. The number of allylic oxidation sites excluding steroid dienone is 1. The van der Waals surface area contributed by atoms with Crippen molar-refractivity contribution in [3.63, 3.8) is 0 Å². The van der Waals surface area contributed by atoms with Crippen LogP contribution in [-0.2, 0) is 19.3 Å². The van der Waals surface area contributed by atoms with Crippen LogP contribution in [0.4, 0.5) is 0 Å². The van der Waals surface area contributed by atoms with Gasteiger partial charge in [-0.1, -0.05) is 157 Å². The topological polar surface area (TPSA) is 0 Å². The van der Waals surface area contributed by atoms with Crippen LogP contribution in [0.2, 0.25) is 0 Å². The normalized spacial score (nSPS) is 12.1. The van der Waals surface area contributed by atoms with Gasteiger partial charge in [0.2, 0.25) is 0 Å². The molecule has 0 atom stereocenters. The van der Waals surface area contributed by atoms with Gasteiger partial charge in [-0.15, -0.1) is 0 Å². The van der Waals surface area contributed by atoms with E-state index in [9.17, 15) is 0 Å². The van der Waals surface area contributed by atoms with Gasteiger partial charge in [0.1, 0.15) is 0 Å². The van der Waals surface area contributed by atoms with Gasteiger partial charge in [-0.25, -0.2) is 0 Å². The lowest BCUT2D eigenvalue weighted by atomic mass is 9.83. The highest BCUT2D eigenvalue weighted by Crippen LogP contribution is 2.31. The lowest BCUT2D eigenvalue weighted by molar-refractivity contribution is 0.365. The lowest BCUT2D eigenvalue weighted by Crippen LogP contribution is -2.06. The average molecular weight is 585 g/mol. The molecule has 0 bridgehead atoms. The molecule has 0 spiro atoms. The molecule has 1 aliphatic rings. The maximum Gasteiger partial charge on any atom is -0.00829 e. The Bertz CT molecular complexity index is 1350. The van der Waals surface area contributed by atoms with Crippen molar-refractivity contribution in [2.45, 2.75) is 99.3 Å². The first-order valence-electron chi connectivity index (χ1n) is 16.8. The van der Waals surface area contributed by atoms with E-state index in [-0.39, 0.29) is 0 Å². The fraction of sp³-hybridized carbons (Fsp3) is 0.364. The van der Waals surface area contributed by atoms with Crippen molar-refractivity contribution >= 4 is 11.6 Å². The zero-order valence-electron chi connectivity index (χ0n) is 28.5. The summed E-state index contributed by atoms with van der Waals surface area (Å²) in [5.74, 6) is 0.890. The van der Waals surface area contributed by atoms with E-state index in [0.717, 1.165) is 25.2 Å². The van der Waals surface area contributed by atoms with E-state index in [1.165, 1.54) is 88.6 Å². The molecule has 1 fully saturated rings. The van der Waals surface area contributed by atoms with Crippen molar-refractivity contribution < 1.29 is 0 Å². The molecule has 0 amide bonds. The Balaban J connectivity index is 0.000000230. The van der Waals surface area contributed by atoms with E-state index < -0.39 is 0 Å². The van der Waals surface area contributed by atoms with Crippen molar-refractivity contribution in [1.82, 2.24) is 0 Å². The third kappa shape index (κ3) is 13.7. The SMILES string of the molecule is C=C(CC1CCCCC1)c1cccc(CC)c1.C=Cc1ccc(C)c(C)c1.CC.Cc1ccc(CCc2cc#ccc2)cc1. The van der Waals surface area contributed by atoms with Crippen molar-refractivity contribution in [3.05, 3.63) is 155 Å². The molecule has 0 saturated heterocycles. The van der Waals surface area contributed by atoms with Crippen molar-refractivity contribution in [2.75, 3.05) is 0 Å². The summed E-state index contributed by atoms with van der Waals surface area (Å²) >= 11 is 0. The average Bonchev–Trinajstić information content (AvgIpc) is 3.08. The molecule has 4 aromatic carbocycles. The predicted molar refractivity (Wildman–Crippen MR) is 196 cm³/mol. The van der Waals surface area contributed by atoms with Crippen molar-refractivity contribution in [3.8, 4) is 0 Å². The molecule has 0 radical (unpaired) electrons. The smallest absolute Gasteiger partial charge is 0.00829 e. The number of hydrogen-bond donors (Lipinski definition) is 0. The first-order chi connectivity index (χ1) is 21.4. The van der Waals surface area contributed by atoms with Crippen LogP contribution in [0, 0.1) is 38.8 Å². The van der Waals surface area contributed by atoms with Gasteiger partial charge >= 0.3 is 0 Å². The highest BCUT2D eigenvalue weighted by Gasteiger charge is 2.15. The minimum absolute atomic E-state index is 0.890. The van der Waals surface area contributed by atoms with E-state index in [1.807, 2.05) is 32.1 Å². The van der Waals surface area contributed by atoms with Gasteiger partial charge in [0.05, 0.1) is 0 Å². The fourth-order valence-corrected chi connectivity index (χ4v) is 5.34. The number of benzene rings is 3. The minimum Gasteiger partial charge on any atom is -0.0985 e. The van der Waals surface area contributed by atoms with Crippen molar-refractivity contribution in [1.29, 1.82) is 0 Å². The predicted octanol–water partition coefficient (Wildman–Crippen LogP) is 12.6. The number of hydrogen-bond acceptors (Lipinski definition) is 0. The largest absolute Gasteiger partial charge is 0.0985 e. The third-order valence-electron chi connectivity index (χ3n) is 8.31. The molecule has 44 heavy (non-hydrogen) atoms. The van der Waals surface area contributed by atoms with Crippen LogP contribution in [0.5, 0.6) is 0 Å². The van der Waals surface area contributed by atoms with Crippen LogP contribution in [0.15, 0.2) is 98.1 Å². The second-order valence-corrected chi connectivity index (χ2v) is 11.7. The summed E-state index contributed by atoms with van der Waals surface area (Å²) in [5, 5.41) is 0. The van der Waals surface area contributed by atoms with E-state index in [2.05, 4.69) is 126 Å². The summed E-state index contributed by atoms with van der Waals surface area (Å²) in [4.78, 5) is 0. The Morgan fingerprint density at radius 3 is 2.09 bits per heavy atom. The van der Waals surface area contributed by atoms with E-state index >= 15 is 0 Å². The zero-order valence-corrected chi connectivity index (χ0v) is 28.5. The molecule has 1 saturated carbocycles. The van der Waals surface area contributed by atoms with Gasteiger partial charge in [0, 0.05) is 0 Å². The summed E-state index contributed by atoms with van der Waals surface area (Å²) in [6.45, 7) is 20.6.